The van der Waals surface area contributed by atoms with Crippen molar-refractivity contribution in [2.45, 2.75) is 4.90 Å². The van der Waals surface area contributed by atoms with Gasteiger partial charge < -0.3 is 10.6 Å². The molecule has 0 spiro atoms. The minimum absolute atomic E-state index is 0.0427. The molecule has 10 heteroatoms. The van der Waals surface area contributed by atoms with Gasteiger partial charge in [0.25, 0.3) is 5.69 Å². The number of sulfonamides is 1. The molecule has 1 amide bonds. The number of nitro groups is 1. The molecule has 138 valence electrons. The molecule has 0 aliphatic heterocycles. The van der Waals surface area contributed by atoms with Gasteiger partial charge in [-0.15, -0.1) is 0 Å². The smallest absolute Gasteiger partial charge is 0.269 e. The third kappa shape index (κ3) is 4.77. The average molecular weight is 378 g/mol. The maximum absolute atomic E-state index is 12.1. The fourth-order valence-electron chi connectivity index (χ4n) is 2.03. The Kier molecular flexibility index (Phi) is 5.90. The molecular formula is C16H18N4O5S. The molecule has 0 aromatic heterocycles. The number of nitrogens with zero attached hydrogens (tertiary/aromatic N) is 2. The summed E-state index contributed by atoms with van der Waals surface area (Å²) in [7, 11) is -0.740. The summed E-state index contributed by atoms with van der Waals surface area (Å²) in [5.41, 5.74) is 0.858. The van der Waals surface area contributed by atoms with Gasteiger partial charge in [0.2, 0.25) is 15.9 Å². The maximum atomic E-state index is 12.1. The summed E-state index contributed by atoms with van der Waals surface area (Å²) < 4.78 is 25.3. The zero-order valence-electron chi connectivity index (χ0n) is 14.2. The molecule has 9 nitrogen and oxygen atoms in total. The summed E-state index contributed by atoms with van der Waals surface area (Å²) in [5, 5.41) is 16.0. The van der Waals surface area contributed by atoms with Crippen molar-refractivity contribution in [1.29, 1.82) is 0 Å². The second kappa shape index (κ2) is 7.93. The van der Waals surface area contributed by atoms with E-state index in [0.29, 0.717) is 11.4 Å². The summed E-state index contributed by atoms with van der Waals surface area (Å²) in [5.74, 6) is -0.386. The van der Waals surface area contributed by atoms with Crippen molar-refractivity contribution in [2.75, 3.05) is 31.3 Å². The molecule has 2 aromatic rings. The lowest BCUT2D eigenvalue weighted by Gasteiger charge is -2.13. The predicted octanol–water partition coefficient (Wildman–Crippen LogP) is 1.90. The normalized spacial score (nSPS) is 11.2. The first kappa shape index (κ1) is 19.3. The molecule has 0 saturated carbocycles. The fraction of sp³-hybridized carbons (Fsp3) is 0.188. The van der Waals surface area contributed by atoms with Gasteiger partial charge in [-0.1, -0.05) is 6.07 Å². The molecule has 0 saturated heterocycles. The Bertz CT molecular complexity index is 910. The highest BCUT2D eigenvalue weighted by Crippen LogP contribution is 2.18. The number of nitro benzene ring substituents is 1. The summed E-state index contributed by atoms with van der Waals surface area (Å²) in [6, 6.07) is 11.6. The van der Waals surface area contributed by atoms with E-state index < -0.39 is 14.9 Å². The van der Waals surface area contributed by atoms with E-state index in [1.54, 1.807) is 6.07 Å². The van der Waals surface area contributed by atoms with Crippen LogP contribution in [0.3, 0.4) is 0 Å². The average Bonchev–Trinajstić information content (AvgIpc) is 2.60. The molecule has 0 radical (unpaired) electrons. The number of hydrogen-bond acceptors (Lipinski definition) is 6. The Labute approximate surface area is 150 Å². The SMILES string of the molecule is CN(C)S(=O)(=O)c1cccc(NC(=O)CNc2ccc([N+](=O)[O-])cc2)c1. The fourth-order valence-corrected chi connectivity index (χ4v) is 2.98. The van der Waals surface area contributed by atoms with Crippen LogP contribution in [-0.2, 0) is 14.8 Å². The van der Waals surface area contributed by atoms with Crippen LogP contribution in [0.25, 0.3) is 0 Å². The second-order valence-electron chi connectivity index (χ2n) is 5.52. The lowest BCUT2D eigenvalue weighted by Crippen LogP contribution is -2.23. The number of hydrogen-bond donors (Lipinski definition) is 2. The van der Waals surface area contributed by atoms with E-state index in [1.165, 1.54) is 56.6 Å². The molecular weight excluding hydrogens is 360 g/mol. The van der Waals surface area contributed by atoms with Gasteiger partial charge >= 0.3 is 0 Å². The third-order valence-electron chi connectivity index (χ3n) is 3.43. The van der Waals surface area contributed by atoms with Crippen molar-refractivity contribution in [3.8, 4) is 0 Å². The van der Waals surface area contributed by atoms with Crippen molar-refractivity contribution in [3.63, 3.8) is 0 Å². The first-order valence-electron chi connectivity index (χ1n) is 7.51. The minimum Gasteiger partial charge on any atom is -0.376 e. The van der Waals surface area contributed by atoms with Gasteiger partial charge in [0, 0.05) is 37.6 Å². The number of carbonyl (C=O) groups is 1. The van der Waals surface area contributed by atoms with E-state index in [1.807, 2.05) is 0 Å². The number of nitrogens with one attached hydrogen (secondary N) is 2. The first-order chi connectivity index (χ1) is 12.2. The van der Waals surface area contributed by atoms with E-state index in [4.69, 9.17) is 0 Å². The Morgan fingerprint density at radius 1 is 1.12 bits per heavy atom. The maximum Gasteiger partial charge on any atom is 0.269 e. The molecule has 0 atom stereocenters. The summed E-state index contributed by atoms with van der Waals surface area (Å²) in [4.78, 5) is 22.2. The molecule has 0 fully saturated rings. The van der Waals surface area contributed by atoms with Crippen LogP contribution >= 0.6 is 0 Å². The zero-order valence-corrected chi connectivity index (χ0v) is 15.0. The molecule has 0 aliphatic rings. The Hall–Kier alpha value is -2.98. The Morgan fingerprint density at radius 3 is 2.35 bits per heavy atom. The van der Waals surface area contributed by atoms with Crippen LogP contribution in [0.5, 0.6) is 0 Å². The monoisotopic (exact) mass is 378 g/mol. The summed E-state index contributed by atoms with van der Waals surface area (Å²) in [6.07, 6.45) is 0. The highest BCUT2D eigenvalue weighted by atomic mass is 32.2. The van der Waals surface area contributed by atoms with Crippen molar-refractivity contribution in [2.24, 2.45) is 0 Å². The molecule has 26 heavy (non-hydrogen) atoms. The first-order valence-corrected chi connectivity index (χ1v) is 8.95. The standard InChI is InChI=1S/C16H18N4O5S/c1-19(2)26(24,25)15-5-3-4-13(10-15)18-16(21)11-17-12-6-8-14(9-7-12)20(22)23/h3-10,17H,11H2,1-2H3,(H,18,21). The highest BCUT2D eigenvalue weighted by Gasteiger charge is 2.17. The number of carbonyl (C=O) groups excluding carboxylic acids is 1. The van der Waals surface area contributed by atoms with Gasteiger partial charge in [-0.2, -0.15) is 0 Å². The van der Waals surface area contributed by atoms with Gasteiger partial charge in [0.05, 0.1) is 16.4 Å². The third-order valence-corrected chi connectivity index (χ3v) is 5.24. The number of rotatable bonds is 7. The minimum atomic E-state index is -3.59. The van der Waals surface area contributed by atoms with Crippen LogP contribution in [-0.4, -0.2) is 44.2 Å². The molecule has 2 aromatic carbocycles. The predicted molar refractivity (Wildman–Crippen MR) is 97.5 cm³/mol. The molecule has 0 heterocycles. The number of benzene rings is 2. The van der Waals surface area contributed by atoms with E-state index in [-0.39, 0.29) is 23.0 Å². The Morgan fingerprint density at radius 2 is 1.77 bits per heavy atom. The molecule has 0 bridgehead atoms. The van der Waals surface area contributed by atoms with Crippen molar-refractivity contribution >= 4 is 33.0 Å². The number of anilines is 2. The van der Waals surface area contributed by atoms with Crippen LogP contribution in [0.2, 0.25) is 0 Å². The van der Waals surface area contributed by atoms with E-state index in [2.05, 4.69) is 10.6 Å². The Balaban J connectivity index is 1.99. The number of non-ortho nitro benzene ring substituents is 1. The largest absolute Gasteiger partial charge is 0.376 e. The highest BCUT2D eigenvalue weighted by molar-refractivity contribution is 7.89. The van der Waals surface area contributed by atoms with Gasteiger partial charge in [0.15, 0.2) is 0 Å². The molecule has 2 rings (SSSR count). The molecule has 0 aliphatic carbocycles. The lowest BCUT2D eigenvalue weighted by molar-refractivity contribution is -0.384. The zero-order chi connectivity index (χ0) is 19.3. The van der Waals surface area contributed by atoms with Crippen LogP contribution in [0.1, 0.15) is 0 Å². The molecule has 2 N–H and O–H groups in total. The topological polar surface area (TPSA) is 122 Å². The van der Waals surface area contributed by atoms with Crippen LogP contribution in [0.15, 0.2) is 53.4 Å². The number of amides is 1. The van der Waals surface area contributed by atoms with E-state index in [9.17, 15) is 23.3 Å². The van der Waals surface area contributed by atoms with Crippen molar-refractivity contribution in [1.82, 2.24) is 4.31 Å². The van der Waals surface area contributed by atoms with Crippen molar-refractivity contribution in [3.05, 3.63) is 58.6 Å². The van der Waals surface area contributed by atoms with Crippen molar-refractivity contribution < 1.29 is 18.1 Å². The summed E-state index contributed by atoms with van der Waals surface area (Å²) in [6.45, 7) is -0.0809. The van der Waals surface area contributed by atoms with E-state index in [0.717, 1.165) is 4.31 Å². The quantitative estimate of drug-likeness (QED) is 0.560. The second-order valence-corrected chi connectivity index (χ2v) is 7.67. The van der Waals surface area contributed by atoms with E-state index >= 15 is 0 Å². The van der Waals surface area contributed by atoms with Gasteiger partial charge in [-0.25, -0.2) is 12.7 Å². The van der Waals surface area contributed by atoms with Crippen LogP contribution in [0, 0.1) is 10.1 Å². The van der Waals surface area contributed by atoms with Gasteiger partial charge in [-0.3, -0.25) is 14.9 Å². The van der Waals surface area contributed by atoms with Gasteiger partial charge in [-0.05, 0) is 30.3 Å². The molecule has 0 unspecified atom stereocenters. The van der Waals surface area contributed by atoms with Crippen LogP contribution in [0.4, 0.5) is 17.1 Å². The lowest BCUT2D eigenvalue weighted by atomic mass is 10.3. The summed E-state index contributed by atoms with van der Waals surface area (Å²) >= 11 is 0. The van der Waals surface area contributed by atoms with Crippen LogP contribution < -0.4 is 10.6 Å². The van der Waals surface area contributed by atoms with Gasteiger partial charge in [0.1, 0.15) is 0 Å².